The van der Waals surface area contributed by atoms with Crippen molar-refractivity contribution in [1.82, 2.24) is 0 Å². The third kappa shape index (κ3) is 7.54. The molecule has 0 spiro atoms. The maximum Gasteiger partial charge on any atom is 0.243 e. The Morgan fingerprint density at radius 3 is 2.06 bits per heavy atom. The van der Waals surface area contributed by atoms with Crippen molar-refractivity contribution >= 4 is 17.3 Å². The van der Waals surface area contributed by atoms with E-state index in [1.165, 1.54) is 0 Å². The van der Waals surface area contributed by atoms with Crippen LogP contribution in [0.2, 0.25) is 0 Å². The summed E-state index contributed by atoms with van der Waals surface area (Å²) in [6, 6.07) is 24.6. The van der Waals surface area contributed by atoms with E-state index < -0.39 is 0 Å². The number of carbonyl (C=O) groups is 1. The van der Waals surface area contributed by atoms with Crippen molar-refractivity contribution in [3.8, 4) is 17.2 Å². The third-order valence-electron chi connectivity index (χ3n) is 4.41. The Bertz CT molecular complexity index is 976. The number of ether oxygens (including phenoxy) is 3. The van der Waals surface area contributed by atoms with E-state index in [1.54, 1.807) is 0 Å². The third-order valence-corrected chi connectivity index (χ3v) is 4.41. The van der Waals surface area contributed by atoms with E-state index in [9.17, 15) is 4.79 Å². The Kier molecular flexibility index (Phi) is 8.80. The number of carbonyl (C=O) groups excluding carboxylic acids is 1. The maximum absolute atomic E-state index is 12.5. The predicted molar refractivity (Wildman–Crippen MR) is 128 cm³/mol. The van der Waals surface area contributed by atoms with Crippen LogP contribution < -0.4 is 24.8 Å². The molecule has 0 saturated heterocycles. The fraction of sp³-hybridized carbons (Fsp3) is 0.269. The van der Waals surface area contributed by atoms with Crippen molar-refractivity contribution in [3.63, 3.8) is 0 Å². The predicted octanol–water partition coefficient (Wildman–Crippen LogP) is 5.23. The summed E-state index contributed by atoms with van der Waals surface area (Å²) in [7, 11) is 0. The summed E-state index contributed by atoms with van der Waals surface area (Å²) in [4.78, 5) is 12.5. The van der Waals surface area contributed by atoms with E-state index in [4.69, 9.17) is 14.2 Å². The lowest BCUT2D eigenvalue weighted by Gasteiger charge is -2.15. The molecular weight excluding hydrogens is 404 g/mol. The number of rotatable bonds is 12. The Labute approximate surface area is 189 Å². The highest BCUT2D eigenvalue weighted by molar-refractivity contribution is 5.95. The lowest BCUT2D eigenvalue weighted by Crippen LogP contribution is -2.22. The van der Waals surface area contributed by atoms with Crippen LogP contribution in [-0.2, 0) is 4.79 Å². The molecular formula is C26H30N2O4. The summed E-state index contributed by atoms with van der Waals surface area (Å²) >= 11 is 0. The standard InChI is InChI=1S/C26H30N2O4/c1-20(2)19-32-25-15-9-7-13-23(25)28-26(29)18-27-22-12-6-8-14-24(22)31-17-16-30-21-10-4-3-5-11-21/h3-15,20,27H,16-19H2,1-2H3,(H,28,29). The van der Waals surface area contributed by atoms with Crippen molar-refractivity contribution in [1.29, 1.82) is 0 Å². The van der Waals surface area contributed by atoms with Crippen LogP contribution in [-0.4, -0.2) is 32.3 Å². The van der Waals surface area contributed by atoms with Crippen LogP contribution in [0, 0.1) is 5.92 Å². The minimum Gasteiger partial charge on any atom is -0.491 e. The number of para-hydroxylation sites is 5. The van der Waals surface area contributed by atoms with Gasteiger partial charge < -0.3 is 24.8 Å². The highest BCUT2D eigenvalue weighted by atomic mass is 16.5. The maximum atomic E-state index is 12.5. The topological polar surface area (TPSA) is 68.8 Å². The molecule has 0 saturated carbocycles. The molecule has 0 aliphatic heterocycles. The van der Waals surface area contributed by atoms with Crippen LogP contribution in [0.4, 0.5) is 11.4 Å². The molecule has 1 amide bonds. The first-order valence-electron chi connectivity index (χ1n) is 10.8. The molecule has 0 unspecified atom stereocenters. The zero-order valence-electron chi connectivity index (χ0n) is 18.5. The van der Waals surface area contributed by atoms with Gasteiger partial charge in [0.25, 0.3) is 0 Å². The zero-order valence-corrected chi connectivity index (χ0v) is 18.5. The Balaban J connectivity index is 1.49. The quantitative estimate of drug-likeness (QED) is 0.382. The number of hydrogen-bond acceptors (Lipinski definition) is 5. The number of anilines is 2. The molecule has 0 aliphatic rings. The number of amides is 1. The molecule has 2 N–H and O–H groups in total. The van der Waals surface area contributed by atoms with E-state index in [-0.39, 0.29) is 12.5 Å². The SMILES string of the molecule is CC(C)COc1ccccc1NC(=O)CNc1ccccc1OCCOc1ccccc1. The van der Waals surface area contributed by atoms with Gasteiger partial charge in [-0.05, 0) is 42.3 Å². The Morgan fingerprint density at radius 1 is 0.750 bits per heavy atom. The molecule has 6 heteroatoms. The van der Waals surface area contributed by atoms with Crippen molar-refractivity contribution in [2.75, 3.05) is 37.0 Å². The van der Waals surface area contributed by atoms with Gasteiger partial charge in [-0.3, -0.25) is 4.79 Å². The molecule has 0 radical (unpaired) electrons. The second-order valence-electron chi connectivity index (χ2n) is 7.61. The molecule has 3 aromatic rings. The van der Waals surface area contributed by atoms with Crippen LogP contribution >= 0.6 is 0 Å². The molecule has 32 heavy (non-hydrogen) atoms. The molecule has 168 valence electrons. The summed E-state index contributed by atoms with van der Waals surface area (Å²) in [6.45, 7) is 5.66. The summed E-state index contributed by atoms with van der Waals surface area (Å²) in [5.74, 6) is 2.36. The first kappa shape index (κ1) is 23.0. The van der Waals surface area contributed by atoms with Crippen LogP contribution in [0.15, 0.2) is 78.9 Å². The summed E-state index contributed by atoms with van der Waals surface area (Å²) in [6.07, 6.45) is 0. The van der Waals surface area contributed by atoms with Gasteiger partial charge in [0.1, 0.15) is 30.5 Å². The number of benzene rings is 3. The normalized spacial score (nSPS) is 10.5. The highest BCUT2D eigenvalue weighted by Gasteiger charge is 2.10. The van der Waals surface area contributed by atoms with Gasteiger partial charge in [-0.1, -0.05) is 56.3 Å². The van der Waals surface area contributed by atoms with E-state index in [0.29, 0.717) is 42.9 Å². The van der Waals surface area contributed by atoms with E-state index in [0.717, 1.165) is 11.4 Å². The number of nitrogens with one attached hydrogen (secondary N) is 2. The molecule has 0 aliphatic carbocycles. The van der Waals surface area contributed by atoms with Gasteiger partial charge in [0.05, 0.1) is 24.5 Å². The molecule has 0 fully saturated rings. The first-order valence-corrected chi connectivity index (χ1v) is 10.8. The van der Waals surface area contributed by atoms with Crippen LogP contribution in [0.5, 0.6) is 17.2 Å². The largest absolute Gasteiger partial charge is 0.491 e. The van der Waals surface area contributed by atoms with Gasteiger partial charge in [0.2, 0.25) is 5.91 Å². The van der Waals surface area contributed by atoms with Crippen molar-refractivity contribution in [3.05, 3.63) is 78.9 Å². The molecule has 0 atom stereocenters. The summed E-state index contributed by atoms with van der Waals surface area (Å²) < 4.78 is 17.3. The monoisotopic (exact) mass is 434 g/mol. The van der Waals surface area contributed by atoms with Crippen LogP contribution in [0.1, 0.15) is 13.8 Å². The number of hydrogen-bond donors (Lipinski definition) is 2. The molecule has 0 bridgehead atoms. The van der Waals surface area contributed by atoms with Crippen molar-refractivity contribution in [2.45, 2.75) is 13.8 Å². The molecule has 0 aromatic heterocycles. The molecule has 3 aromatic carbocycles. The lowest BCUT2D eigenvalue weighted by atomic mass is 10.2. The van der Waals surface area contributed by atoms with Crippen molar-refractivity contribution < 1.29 is 19.0 Å². The summed E-state index contributed by atoms with van der Waals surface area (Å²) in [5.41, 5.74) is 1.40. The fourth-order valence-electron chi connectivity index (χ4n) is 2.89. The Hall–Kier alpha value is -3.67. The van der Waals surface area contributed by atoms with Gasteiger partial charge in [0, 0.05) is 0 Å². The highest BCUT2D eigenvalue weighted by Crippen LogP contribution is 2.25. The smallest absolute Gasteiger partial charge is 0.243 e. The average Bonchev–Trinajstić information content (AvgIpc) is 2.81. The van der Waals surface area contributed by atoms with Crippen LogP contribution in [0.3, 0.4) is 0 Å². The zero-order chi connectivity index (χ0) is 22.6. The minimum absolute atomic E-state index is 0.0966. The van der Waals surface area contributed by atoms with E-state index in [1.807, 2.05) is 78.9 Å². The van der Waals surface area contributed by atoms with Gasteiger partial charge in [-0.25, -0.2) is 0 Å². The Morgan fingerprint density at radius 2 is 1.34 bits per heavy atom. The molecule has 0 heterocycles. The van der Waals surface area contributed by atoms with Gasteiger partial charge in [0.15, 0.2) is 0 Å². The lowest BCUT2D eigenvalue weighted by molar-refractivity contribution is -0.114. The van der Waals surface area contributed by atoms with E-state index in [2.05, 4.69) is 24.5 Å². The average molecular weight is 435 g/mol. The first-order chi connectivity index (χ1) is 15.6. The summed E-state index contributed by atoms with van der Waals surface area (Å²) in [5, 5.41) is 6.05. The van der Waals surface area contributed by atoms with Gasteiger partial charge in [-0.15, -0.1) is 0 Å². The molecule has 3 rings (SSSR count). The second kappa shape index (κ2) is 12.2. The van der Waals surface area contributed by atoms with E-state index >= 15 is 0 Å². The molecule has 6 nitrogen and oxygen atoms in total. The van der Waals surface area contributed by atoms with Crippen molar-refractivity contribution in [2.24, 2.45) is 5.92 Å². The van der Waals surface area contributed by atoms with Gasteiger partial charge >= 0.3 is 0 Å². The second-order valence-corrected chi connectivity index (χ2v) is 7.61. The van der Waals surface area contributed by atoms with Crippen LogP contribution in [0.25, 0.3) is 0 Å². The fourth-order valence-corrected chi connectivity index (χ4v) is 2.89. The minimum atomic E-state index is -0.173. The van der Waals surface area contributed by atoms with Gasteiger partial charge in [-0.2, -0.15) is 0 Å².